The highest BCUT2D eigenvalue weighted by molar-refractivity contribution is 6.02. The van der Waals surface area contributed by atoms with Crippen LogP contribution in [0.5, 0.6) is 0 Å². The minimum atomic E-state index is -0.240. The Morgan fingerprint density at radius 2 is 1.61 bits per heavy atom. The third-order valence-electron chi connectivity index (χ3n) is 5.75. The normalized spacial score (nSPS) is 17.2. The van der Waals surface area contributed by atoms with E-state index >= 15 is 0 Å². The number of carbonyl (C=O) groups is 1. The minimum absolute atomic E-state index is 0.240. The van der Waals surface area contributed by atoms with Gasteiger partial charge in [-0.2, -0.15) is 0 Å². The number of pyridine rings is 1. The van der Waals surface area contributed by atoms with Crippen molar-refractivity contribution in [3.05, 3.63) is 60.5 Å². The molecular weight excluding hydrogens is 353 g/mol. The third-order valence-corrected chi connectivity index (χ3v) is 5.75. The van der Waals surface area contributed by atoms with Gasteiger partial charge in [-0.15, -0.1) is 0 Å². The minimum Gasteiger partial charge on any atom is -0.353 e. The van der Waals surface area contributed by atoms with E-state index in [2.05, 4.69) is 17.0 Å². The second-order valence-corrected chi connectivity index (χ2v) is 7.63. The molecule has 0 unspecified atom stereocenters. The van der Waals surface area contributed by atoms with E-state index in [9.17, 15) is 9.18 Å². The van der Waals surface area contributed by atoms with E-state index in [0.29, 0.717) is 5.91 Å². The highest BCUT2D eigenvalue weighted by atomic mass is 19.1. The number of halogens is 1. The molecule has 3 aromatic rings. The zero-order chi connectivity index (χ0) is 19.1. The number of rotatable bonds is 3. The van der Waals surface area contributed by atoms with Gasteiger partial charge in [0.2, 0.25) is 5.91 Å². The van der Waals surface area contributed by atoms with Gasteiger partial charge in [-0.05, 0) is 35.9 Å². The van der Waals surface area contributed by atoms with Crippen LogP contribution in [0, 0.1) is 11.7 Å². The quantitative estimate of drug-likeness (QED) is 0.692. The highest BCUT2D eigenvalue weighted by Gasteiger charge is 2.34. The smallest absolute Gasteiger partial charge is 0.225 e. The summed E-state index contributed by atoms with van der Waals surface area (Å²) in [6.45, 7) is 3.10. The molecule has 2 aliphatic rings. The van der Waals surface area contributed by atoms with E-state index in [1.807, 2.05) is 23.2 Å². The van der Waals surface area contributed by atoms with Gasteiger partial charge in [0, 0.05) is 49.2 Å². The summed E-state index contributed by atoms with van der Waals surface area (Å²) < 4.78 is 13.3. The average Bonchev–Trinajstić information content (AvgIpc) is 3.59. The number of benzene rings is 2. The fraction of sp³-hybridized carbons (Fsp3) is 0.304. The largest absolute Gasteiger partial charge is 0.353 e. The number of carbonyl (C=O) groups excluding carboxylic acids is 1. The molecule has 28 heavy (non-hydrogen) atoms. The molecule has 1 saturated carbocycles. The van der Waals surface area contributed by atoms with Crippen molar-refractivity contribution in [3.8, 4) is 11.1 Å². The Hall–Kier alpha value is -2.95. The maximum atomic E-state index is 13.3. The summed E-state index contributed by atoms with van der Waals surface area (Å²) in [7, 11) is 0. The zero-order valence-corrected chi connectivity index (χ0v) is 15.6. The van der Waals surface area contributed by atoms with Crippen LogP contribution in [0.4, 0.5) is 10.2 Å². The van der Waals surface area contributed by atoms with Crippen LogP contribution in [0.3, 0.4) is 0 Å². The van der Waals surface area contributed by atoms with Crippen LogP contribution >= 0.6 is 0 Å². The summed E-state index contributed by atoms with van der Waals surface area (Å²) in [5.74, 6) is 1.32. The molecule has 0 atom stereocenters. The lowest BCUT2D eigenvalue weighted by Gasteiger charge is -2.36. The van der Waals surface area contributed by atoms with Crippen LogP contribution in [-0.4, -0.2) is 42.0 Å². The van der Waals surface area contributed by atoms with Gasteiger partial charge in [-0.1, -0.05) is 36.4 Å². The Bertz CT molecular complexity index is 1020. The lowest BCUT2D eigenvalue weighted by atomic mass is 10.00. The Kier molecular flexibility index (Phi) is 4.23. The summed E-state index contributed by atoms with van der Waals surface area (Å²) in [5.41, 5.74) is 1.96. The first-order valence-electron chi connectivity index (χ1n) is 9.88. The van der Waals surface area contributed by atoms with Crippen LogP contribution in [0.15, 0.2) is 54.7 Å². The monoisotopic (exact) mass is 375 g/mol. The zero-order valence-electron chi connectivity index (χ0n) is 15.6. The van der Waals surface area contributed by atoms with Crippen molar-refractivity contribution in [1.29, 1.82) is 0 Å². The van der Waals surface area contributed by atoms with Gasteiger partial charge in [0.15, 0.2) is 0 Å². The topological polar surface area (TPSA) is 36.4 Å². The number of piperazine rings is 1. The van der Waals surface area contributed by atoms with E-state index in [4.69, 9.17) is 4.98 Å². The van der Waals surface area contributed by atoms with Crippen molar-refractivity contribution >= 4 is 22.5 Å². The molecule has 5 heteroatoms. The molecule has 1 saturated heterocycles. The van der Waals surface area contributed by atoms with E-state index in [0.717, 1.165) is 66.7 Å². The van der Waals surface area contributed by atoms with Crippen molar-refractivity contribution in [2.24, 2.45) is 5.92 Å². The summed E-state index contributed by atoms with van der Waals surface area (Å²) >= 11 is 0. The molecule has 1 amide bonds. The Balaban J connectivity index is 1.45. The van der Waals surface area contributed by atoms with Gasteiger partial charge in [-0.3, -0.25) is 4.79 Å². The van der Waals surface area contributed by atoms with Gasteiger partial charge in [0.05, 0.1) is 0 Å². The SMILES string of the molecule is O=C(C1CC1)N1CCN(c2ncc(-c3ccc(F)cc3)c3ccccc23)CC1. The van der Waals surface area contributed by atoms with Crippen LogP contribution in [0.25, 0.3) is 21.9 Å². The summed E-state index contributed by atoms with van der Waals surface area (Å²) in [5, 5.41) is 2.20. The molecule has 5 rings (SSSR count). The molecule has 2 heterocycles. The van der Waals surface area contributed by atoms with Crippen LogP contribution in [-0.2, 0) is 4.79 Å². The third kappa shape index (κ3) is 3.11. The van der Waals surface area contributed by atoms with Gasteiger partial charge >= 0.3 is 0 Å². The van der Waals surface area contributed by atoms with Crippen molar-refractivity contribution in [1.82, 2.24) is 9.88 Å². The Morgan fingerprint density at radius 1 is 0.929 bits per heavy atom. The molecule has 1 aliphatic carbocycles. The highest BCUT2D eigenvalue weighted by Crippen LogP contribution is 2.34. The molecule has 2 fully saturated rings. The van der Waals surface area contributed by atoms with Gasteiger partial charge < -0.3 is 9.80 Å². The van der Waals surface area contributed by atoms with E-state index < -0.39 is 0 Å². The second-order valence-electron chi connectivity index (χ2n) is 7.63. The summed E-state index contributed by atoms with van der Waals surface area (Å²) in [6.07, 6.45) is 3.98. The number of amides is 1. The molecular formula is C23H22FN3O. The molecule has 0 radical (unpaired) electrons. The number of anilines is 1. The molecule has 0 N–H and O–H groups in total. The lowest BCUT2D eigenvalue weighted by molar-refractivity contribution is -0.132. The van der Waals surface area contributed by atoms with E-state index in [1.54, 1.807) is 12.1 Å². The first-order chi connectivity index (χ1) is 13.7. The van der Waals surface area contributed by atoms with Gasteiger partial charge in [-0.25, -0.2) is 9.37 Å². The van der Waals surface area contributed by atoms with Crippen molar-refractivity contribution in [3.63, 3.8) is 0 Å². The van der Waals surface area contributed by atoms with Gasteiger partial charge in [0.1, 0.15) is 11.6 Å². The number of aromatic nitrogens is 1. The van der Waals surface area contributed by atoms with Crippen LogP contribution in [0.2, 0.25) is 0 Å². The molecule has 2 aromatic carbocycles. The average molecular weight is 375 g/mol. The van der Waals surface area contributed by atoms with E-state index in [-0.39, 0.29) is 11.7 Å². The molecule has 1 aliphatic heterocycles. The van der Waals surface area contributed by atoms with Gasteiger partial charge in [0.25, 0.3) is 0 Å². The fourth-order valence-electron chi connectivity index (χ4n) is 4.02. The maximum absolute atomic E-state index is 13.3. The molecule has 1 aromatic heterocycles. The predicted octanol–water partition coefficient (Wildman–Crippen LogP) is 4.10. The number of nitrogens with zero attached hydrogens (tertiary/aromatic N) is 3. The van der Waals surface area contributed by atoms with Crippen LogP contribution in [0.1, 0.15) is 12.8 Å². The second kappa shape index (κ2) is 6.89. The summed E-state index contributed by atoms with van der Waals surface area (Å²) in [4.78, 5) is 21.4. The Labute approximate surface area is 163 Å². The van der Waals surface area contributed by atoms with Crippen LogP contribution < -0.4 is 4.90 Å². The van der Waals surface area contributed by atoms with Crippen molar-refractivity contribution < 1.29 is 9.18 Å². The Morgan fingerprint density at radius 3 is 2.29 bits per heavy atom. The summed E-state index contributed by atoms with van der Waals surface area (Å²) in [6, 6.07) is 14.8. The number of hydrogen-bond donors (Lipinski definition) is 0. The predicted molar refractivity (Wildman–Crippen MR) is 109 cm³/mol. The van der Waals surface area contributed by atoms with E-state index in [1.165, 1.54) is 12.1 Å². The molecule has 0 bridgehead atoms. The first-order valence-corrected chi connectivity index (χ1v) is 9.88. The number of hydrogen-bond acceptors (Lipinski definition) is 3. The fourth-order valence-corrected chi connectivity index (χ4v) is 4.02. The standard InChI is InChI=1S/C23H22FN3O/c24-18-9-7-16(8-10-18)21-15-25-22(20-4-2-1-3-19(20)21)26-11-13-27(14-12-26)23(28)17-5-6-17/h1-4,7-10,15,17H,5-6,11-14H2. The molecule has 142 valence electrons. The lowest BCUT2D eigenvalue weighted by Crippen LogP contribution is -2.49. The number of fused-ring (bicyclic) bond motifs is 1. The molecule has 4 nitrogen and oxygen atoms in total. The molecule has 0 spiro atoms. The van der Waals surface area contributed by atoms with Crippen molar-refractivity contribution in [2.75, 3.05) is 31.1 Å². The van der Waals surface area contributed by atoms with Crippen molar-refractivity contribution in [2.45, 2.75) is 12.8 Å². The maximum Gasteiger partial charge on any atom is 0.225 e. The first kappa shape index (κ1) is 17.2.